The molecule has 1 aromatic rings. The van der Waals surface area contributed by atoms with Crippen molar-refractivity contribution >= 4 is 11.4 Å². The van der Waals surface area contributed by atoms with Gasteiger partial charge in [0.25, 0.3) is 0 Å². The van der Waals surface area contributed by atoms with Crippen LogP contribution >= 0.6 is 0 Å². The standard InChI is InChI=1S/C11H18N2O/c1-9(7-8-14-2)13-11-5-3-10(12)4-6-11/h3-6,9,13H,7-8,12H2,1-2H3. The van der Waals surface area contributed by atoms with Crippen molar-refractivity contribution < 1.29 is 4.74 Å². The van der Waals surface area contributed by atoms with E-state index in [1.807, 2.05) is 24.3 Å². The maximum absolute atomic E-state index is 5.59. The van der Waals surface area contributed by atoms with Gasteiger partial charge in [-0.15, -0.1) is 0 Å². The fraction of sp³-hybridized carbons (Fsp3) is 0.455. The van der Waals surface area contributed by atoms with Gasteiger partial charge < -0.3 is 15.8 Å². The Morgan fingerprint density at radius 3 is 2.57 bits per heavy atom. The Morgan fingerprint density at radius 2 is 2.00 bits per heavy atom. The van der Waals surface area contributed by atoms with E-state index in [4.69, 9.17) is 10.5 Å². The molecule has 0 saturated carbocycles. The monoisotopic (exact) mass is 194 g/mol. The lowest BCUT2D eigenvalue weighted by Gasteiger charge is -2.14. The molecule has 0 aliphatic carbocycles. The minimum Gasteiger partial charge on any atom is -0.399 e. The molecule has 0 bridgehead atoms. The molecule has 0 aliphatic heterocycles. The molecule has 1 rings (SSSR count). The Balaban J connectivity index is 2.39. The van der Waals surface area contributed by atoms with Crippen LogP contribution in [0.4, 0.5) is 11.4 Å². The lowest BCUT2D eigenvalue weighted by atomic mass is 10.2. The number of benzene rings is 1. The van der Waals surface area contributed by atoms with Gasteiger partial charge in [0.05, 0.1) is 0 Å². The molecule has 1 unspecified atom stereocenters. The van der Waals surface area contributed by atoms with Crippen LogP contribution in [0.15, 0.2) is 24.3 Å². The van der Waals surface area contributed by atoms with Crippen LogP contribution in [-0.4, -0.2) is 19.8 Å². The van der Waals surface area contributed by atoms with Crippen molar-refractivity contribution in [2.75, 3.05) is 24.8 Å². The largest absolute Gasteiger partial charge is 0.399 e. The molecule has 1 atom stereocenters. The number of hydrogen-bond donors (Lipinski definition) is 2. The lowest BCUT2D eigenvalue weighted by molar-refractivity contribution is 0.191. The first-order chi connectivity index (χ1) is 6.72. The van der Waals surface area contributed by atoms with Crippen molar-refractivity contribution in [1.82, 2.24) is 0 Å². The highest BCUT2D eigenvalue weighted by atomic mass is 16.5. The Hall–Kier alpha value is -1.22. The van der Waals surface area contributed by atoms with Crippen molar-refractivity contribution in [1.29, 1.82) is 0 Å². The molecule has 0 radical (unpaired) electrons. The normalized spacial score (nSPS) is 12.4. The van der Waals surface area contributed by atoms with Gasteiger partial charge in [0, 0.05) is 31.1 Å². The summed E-state index contributed by atoms with van der Waals surface area (Å²) in [5, 5.41) is 3.37. The fourth-order valence-electron chi connectivity index (χ4n) is 1.23. The first-order valence-electron chi connectivity index (χ1n) is 4.83. The van der Waals surface area contributed by atoms with E-state index >= 15 is 0 Å². The number of nitrogens with one attached hydrogen (secondary N) is 1. The van der Waals surface area contributed by atoms with E-state index in [-0.39, 0.29) is 0 Å². The van der Waals surface area contributed by atoms with Crippen LogP contribution in [-0.2, 0) is 4.74 Å². The number of ether oxygens (including phenoxy) is 1. The van der Waals surface area contributed by atoms with Gasteiger partial charge in [0.15, 0.2) is 0 Å². The van der Waals surface area contributed by atoms with Crippen LogP contribution in [0.1, 0.15) is 13.3 Å². The summed E-state index contributed by atoms with van der Waals surface area (Å²) in [6, 6.07) is 8.17. The number of methoxy groups -OCH3 is 1. The van der Waals surface area contributed by atoms with Gasteiger partial charge in [-0.3, -0.25) is 0 Å². The summed E-state index contributed by atoms with van der Waals surface area (Å²) in [7, 11) is 1.72. The summed E-state index contributed by atoms with van der Waals surface area (Å²) in [5.74, 6) is 0. The molecule has 78 valence electrons. The molecule has 3 nitrogen and oxygen atoms in total. The summed E-state index contributed by atoms with van der Waals surface area (Å²) >= 11 is 0. The van der Waals surface area contributed by atoms with E-state index in [1.54, 1.807) is 7.11 Å². The second kappa shape index (κ2) is 5.50. The van der Waals surface area contributed by atoms with Crippen LogP contribution in [0.3, 0.4) is 0 Å². The van der Waals surface area contributed by atoms with Crippen molar-refractivity contribution in [3.8, 4) is 0 Å². The van der Waals surface area contributed by atoms with E-state index in [9.17, 15) is 0 Å². The minimum atomic E-state index is 0.415. The van der Waals surface area contributed by atoms with Crippen LogP contribution in [0.2, 0.25) is 0 Å². The van der Waals surface area contributed by atoms with Crippen molar-refractivity contribution in [2.45, 2.75) is 19.4 Å². The highest BCUT2D eigenvalue weighted by Gasteiger charge is 2.00. The second-order valence-corrected chi connectivity index (χ2v) is 3.45. The third kappa shape index (κ3) is 3.66. The van der Waals surface area contributed by atoms with Gasteiger partial charge in [-0.25, -0.2) is 0 Å². The molecular formula is C11H18N2O. The molecule has 3 heteroatoms. The zero-order chi connectivity index (χ0) is 10.4. The third-order valence-corrected chi connectivity index (χ3v) is 2.08. The quantitative estimate of drug-likeness (QED) is 0.706. The zero-order valence-corrected chi connectivity index (χ0v) is 8.79. The molecule has 0 spiro atoms. The SMILES string of the molecule is COCCC(C)Nc1ccc(N)cc1. The molecule has 0 aromatic heterocycles. The molecule has 0 amide bonds. The molecule has 1 aromatic carbocycles. The summed E-state index contributed by atoms with van der Waals surface area (Å²) in [6.45, 7) is 2.92. The van der Waals surface area contributed by atoms with Crippen LogP contribution in [0, 0.1) is 0 Å². The summed E-state index contributed by atoms with van der Waals surface area (Å²) < 4.78 is 5.01. The number of rotatable bonds is 5. The molecule has 0 fully saturated rings. The number of anilines is 2. The number of nitrogens with two attached hydrogens (primary N) is 1. The van der Waals surface area contributed by atoms with Gasteiger partial charge in [-0.05, 0) is 37.6 Å². The van der Waals surface area contributed by atoms with Crippen LogP contribution in [0.5, 0.6) is 0 Å². The third-order valence-electron chi connectivity index (χ3n) is 2.08. The van der Waals surface area contributed by atoms with Gasteiger partial charge >= 0.3 is 0 Å². The average molecular weight is 194 g/mol. The molecule has 14 heavy (non-hydrogen) atoms. The number of nitrogen functional groups attached to an aromatic ring is 1. The predicted molar refractivity (Wildman–Crippen MR) is 60.4 cm³/mol. The van der Waals surface area contributed by atoms with Gasteiger partial charge in [0.2, 0.25) is 0 Å². The highest BCUT2D eigenvalue weighted by molar-refractivity contribution is 5.51. The van der Waals surface area contributed by atoms with Gasteiger partial charge in [-0.1, -0.05) is 0 Å². The molecule has 0 aliphatic rings. The number of hydrogen-bond acceptors (Lipinski definition) is 3. The van der Waals surface area contributed by atoms with E-state index < -0.39 is 0 Å². The van der Waals surface area contributed by atoms with E-state index in [0.29, 0.717) is 6.04 Å². The Kier molecular flexibility index (Phi) is 4.26. The smallest absolute Gasteiger partial charge is 0.0481 e. The van der Waals surface area contributed by atoms with Crippen LogP contribution in [0.25, 0.3) is 0 Å². The summed E-state index contributed by atoms with van der Waals surface area (Å²) in [6.07, 6.45) is 1.00. The topological polar surface area (TPSA) is 47.3 Å². The summed E-state index contributed by atoms with van der Waals surface area (Å²) in [4.78, 5) is 0. The lowest BCUT2D eigenvalue weighted by Crippen LogP contribution is -2.16. The van der Waals surface area contributed by atoms with Crippen LogP contribution < -0.4 is 11.1 Å². The average Bonchev–Trinajstić information content (AvgIpc) is 2.18. The minimum absolute atomic E-state index is 0.415. The Labute approximate surface area is 85.3 Å². The van der Waals surface area contributed by atoms with Gasteiger partial charge in [-0.2, -0.15) is 0 Å². The maximum atomic E-state index is 5.59. The second-order valence-electron chi connectivity index (χ2n) is 3.45. The zero-order valence-electron chi connectivity index (χ0n) is 8.79. The Bertz CT molecular complexity index is 258. The van der Waals surface area contributed by atoms with Gasteiger partial charge in [0.1, 0.15) is 0 Å². The van der Waals surface area contributed by atoms with E-state index in [2.05, 4.69) is 12.2 Å². The molecule has 3 N–H and O–H groups in total. The predicted octanol–water partition coefficient (Wildman–Crippen LogP) is 2.11. The van der Waals surface area contributed by atoms with Crippen molar-refractivity contribution in [3.05, 3.63) is 24.3 Å². The van der Waals surface area contributed by atoms with E-state index in [0.717, 1.165) is 24.4 Å². The molecule has 0 saturated heterocycles. The first-order valence-corrected chi connectivity index (χ1v) is 4.83. The highest BCUT2D eigenvalue weighted by Crippen LogP contribution is 2.12. The van der Waals surface area contributed by atoms with E-state index in [1.165, 1.54) is 0 Å². The summed E-state index contributed by atoms with van der Waals surface area (Å²) in [5.41, 5.74) is 7.48. The Morgan fingerprint density at radius 1 is 1.36 bits per heavy atom. The maximum Gasteiger partial charge on any atom is 0.0481 e. The molecule has 0 heterocycles. The van der Waals surface area contributed by atoms with Crippen molar-refractivity contribution in [3.63, 3.8) is 0 Å². The molecular weight excluding hydrogens is 176 g/mol. The van der Waals surface area contributed by atoms with Crippen molar-refractivity contribution in [2.24, 2.45) is 0 Å². The fourth-order valence-corrected chi connectivity index (χ4v) is 1.23. The first kappa shape index (κ1) is 10.9.